The van der Waals surface area contributed by atoms with Crippen molar-refractivity contribution in [2.45, 2.75) is 32.6 Å². The fraction of sp³-hybridized carbons (Fsp3) is 0.583. The van der Waals surface area contributed by atoms with Gasteiger partial charge in [-0.15, -0.1) is 0 Å². The monoisotopic (exact) mass is 410 g/mol. The van der Waals surface area contributed by atoms with E-state index in [9.17, 15) is 24.0 Å². The molecule has 0 bridgehead atoms. The average Bonchev–Trinajstić information content (AvgIpc) is 2.78. The van der Waals surface area contributed by atoms with Crippen LogP contribution in [-0.4, -0.2) is 50.7 Å². The number of carbonyl (C=O) groups excluding carboxylic acids is 5. The number of hydrogen-bond acceptors (Lipinski definition) is 6. The van der Waals surface area contributed by atoms with E-state index in [1.807, 2.05) is 0 Å². The zero-order chi connectivity index (χ0) is 16.0. The average molecular weight is 410 g/mol. The number of carbonyl (C=O) groups is 5. The molecule has 1 aliphatic rings. The van der Waals surface area contributed by atoms with E-state index in [-0.39, 0.29) is 36.7 Å². The molecule has 0 saturated carbocycles. The molecule has 1 rings (SSSR count). The topological polar surface area (TPSA) is 101 Å². The minimum Gasteiger partial charge on any atom is -0.393 e. The largest absolute Gasteiger partial charge is 0.393 e. The van der Waals surface area contributed by atoms with Crippen LogP contribution < -0.4 is 0 Å². The molecule has 3 amide bonds. The number of imide groups is 1. The summed E-state index contributed by atoms with van der Waals surface area (Å²) in [6.07, 6.45) is -0.123. The van der Waals surface area contributed by atoms with Crippen molar-refractivity contribution in [2.75, 3.05) is 11.0 Å². The molecular formula is C12H15IN2O6. The van der Waals surface area contributed by atoms with E-state index in [4.69, 9.17) is 0 Å². The fourth-order valence-electron chi connectivity index (χ4n) is 1.69. The molecule has 0 radical (unpaired) electrons. The molecule has 0 aromatic carbocycles. The van der Waals surface area contributed by atoms with Gasteiger partial charge in [-0.05, 0) is 0 Å². The Bertz CT molecular complexity index is 462. The maximum atomic E-state index is 11.8. The third-order valence-electron chi connectivity index (χ3n) is 2.71. The lowest BCUT2D eigenvalue weighted by Gasteiger charge is -2.29. The number of alkyl halides is 1. The predicted octanol–water partition coefficient (Wildman–Crippen LogP) is 0.184. The van der Waals surface area contributed by atoms with Gasteiger partial charge in [0.1, 0.15) is 0 Å². The van der Waals surface area contributed by atoms with Gasteiger partial charge in [0, 0.05) is 19.3 Å². The minimum absolute atomic E-state index is 0.0443. The van der Waals surface area contributed by atoms with E-state index in [2.05, 4.69) is 4.74 Å². The van der Waals surface area contributed by atoms with E-state index in [1.54, 1.807) is 29.5 Å². The zero-order valence-corrected chi connectivity index (χ0v) is 13.6. The lowest BCUT2D eigenvalue weighted by molar-refractivity contribution is -0.169. The normalized spacial score (nSPS) is 14.3. The molecule has 8 nitrogen and oxygen atoms in total. The zero-order valence-electron chi connectivity index (χ0n) is 11.5. The summed E-state index contributed by atoms with van der Waals surface area (Å²) in [7, 11) is 0. The van der Waals surface area contributed by atoms with Crippen molar-refractivity contribution in [2.24, 2.45) is 0 Å². The summed E-state index contributed by atoms with van der Waals surface area (Å²) in [6, 6.07) is 0. The molecule has 1 fully saturated rings. The summed E-state index contributed by atoms with van der Waals surface area (Å²) < 4.78 is 4.53. The molecule has 116 valence electrons. The van der Waals surface area contributed by atoms with Gasteiger partial charge in [-0.2, -0.15) is 5.01 Å². The van der Waals surface area contributed by atoms with Crippen LogP contribution in [-0.2, 0) is 28.7 Å². The van der Waals surface area contributed by atoms with Crippen molar-refractivity contribution in [3.63, 3.8) is 0 Å². The number of esters is 2. The van der Waals surface area contributed by atoms with E-state index in [0.29, 0.717) is 0 Å². The van der Waals surface area contributed by atoms with Gasteiger partial charge in [0.25, 0.3) is 5.91 Å². The van der Waals surface area contributed by atoms with Gasteiger partial charge in [0.15, 0.2) is 0 Å². The SMILES string of the molecule is CCC(=O)OC(=O)CCN(C(=O)CI)N1C(=O)CCC1=O. The van der Waals surface area contributed by atoms with Crippen LogP contribution in [0, 0.1) is 0 Å². The Labute approximate surface area is 134 Å². The van der Waals surface area contributed by atoms with Crippen molar-refractivity contribution in [3.05, 3.63) is 0 Å². The number of rotatable bonds is 6. The molecule has 0 aliphatic carbocycles. The van der Waals surface area contributed by atoms with Crippen LogP contribution in [0.15, 0.2) is 0 Å². The van der Waals surface area contributed by atoms with Gasteiger partial charge >= 0.3 is 11.9 Å². The van der Waals surface area contributed by atoms with Gasteiger partial charge in [-0.1, -0.05) is 29.5 Å². The Balaban J connectivity index is 2.69. The molecule has 0 aromatic heterocycles. The van der Waals surface area contributed by atoms with Crippen LogP contribution in [0.1, 0.15) is 32.6 Å². The Morgan fingerprint density at radius 3 is 2.24 bits per heavy atom. The second-order valence-corrected chi connectivity index (χ2v) is 4.96. The molecule has 1 saturated heterocycles. The molecule has 1 aliphatic heterocycles. The first-order chi connectivity index (χ1) is 9.90. The van der Waals surface area contributed by atoms with Crippen LogP contribution in [0.4, 0.5) is 0 Å². The Hall–Kier alpha value is -1.52. The highest BCUT2D eigenvalue weighted by atomic mass is 127. The Morgan fingerprint density at radius 1 is 1.19 bits per heavy atom. The van der Waals surface area contributed by atoms with Gasteiger partial charge in [-0.3, -0.25) is 24.0 Å². The summed E-state index contributed by atoms with van der Waals surface area (Å²) >= 11 is 1.80. The highest BCUT2D eigenvalue weighted by Crippen LogP contribution is 2.16. The molecule has 1 heterocycles. The lowest BCUT2D eigenvalue weighted by Crippen LogP contribution is -2.50. The Morgan fingerprint density at radius 2 is 1.76 bits per heavy atom. The van der Waals surface area contributed by atoms with Crippen molar-refractivity contribution in [3.8, 4) is 0 Å². The second kappa shape index (κ2) is 8.05. The minimum atomic E-state index is -0.799. The first-order valence-electron chi connectivity index (χ1n) is 6.36. The second-order valence-electron chi connectivity index (χ2n) is 4.20. The number of ether oxygens (including phenoxy) is 1. The van der Waals surface area contributed by atoms with Gasteiger partial charge in [0.2, 0.25) is 11.8 Å². The number of halogens is 1. The number of nitrogens with zero attached hydrogens (tertiary/aromatic N) is 2. The van der Waals surface area contributed by atoms with Crippen molar-refractivity contribution in [1.82, 2.24) is 10.0 Å². The van der Waals surface area contributed by atoms with Crippen molar-refractivity contribution < 1.29 is 28.7 Å². The van der Waals surface area contributed by atoms with Crippen molar-refractivity contribution >= 4 is 52.3 Å². The fourth-order valence-corrected chi connectivity index (χ4v) is 2.08. The Kier molecular flexibility index (Phi) is 6.72. The van der Waals surface area contributed by atoms with Crippen molar-refractivity contribution in [1.29, 1.82) is 0 Å². The van der Waals surface area contributed by atoms with Crippen LogP contribution in [0.2, 0.25) is 0 Å². The molecule has 0 atom stereocenters. The summed E-state index contributed by atoms with van der Waals surface area (Å²) in [6.45, 7) is 1.36. The highest BCUT2D eigenvalue weighted by molar-refractivity contribution is 14.1. The highest BCUT2D eigenvalue weighted by Gasteiger charge is 2.36. The van der Waals surface area contributed by atoms with Gasteiger partial charge < -0.3 is 4.74 Å². The molecule has 0 N–H and O–H groups in total. The van der Waals surface area contributed by atoms with Gasteiger partial charge in [-0.25, -0.2) is 5.01 Å². The van der Waals surface area contributed by atoms with Crippen LogP contribution in [0.25, 0.3) is 0 Å². The number of hydrogen-bond donors (Lipinski definition) is 0. The summed E-state index contributed by atoms with van der Waals surface area (Å²) in [4.78, 5) is 57.6. The van der Waals surface area contributed by atoms with Crippen LogP contribution in [0.3, 0.4) is 0 Å². The van der Waals surface area contributed by atoms with E-state index >= 15 is 0 Å². The van der Waals surface area contributed by atoms with Gasteiger partial charge in [0.05, 0.1) is 17.4 Å². The summed E-state index contributed by atoms with van der Waals surface area (Å²) in [5.74, 6) is -2.88. The van der Waals surface area contributed by atoms with E-state index in [0.717, 1.165) is 10.0 Å². The molecule has 0 spiro atoms. The smallest absolute Gasteiger partial charge is 0.315 e. The maximum absolute atomic E-state index is 11.8. The first-order valence-corrected chi connectivity index (χ1v) is 7.88. The van der Waals surface area contributed by atoms with E-state index in [1.165, 1.54) is 0 Å². The summed E-state index contributed by atoms with van der Waals surface area (Å²) in [5, 5.41) is 1.72. The standard InChI is InChI=1S/C12H15IN2O6/c1-2-11(19)21-12(20)5-6-14(10(18)7-13)15-8(16)3-4-9(15)17/h2-7H2,1H3. The number of amides is 3. The maximum Gasteiger partial charge on any atom is 0.315 e. The van der Waals surface area contributed by atoms with E-state index < -0.39 is 29.7 Å². The third kappa shape index (κ3) is 4.76. The molecular weight excluding hydrogens is 395 g/mol. The first kappa shape index (κ1) is 17.5. The quantitative estimate of drug-likeness (QED) is 0.204. The van der Waals surface area contributed by atoms with Crippen LogP contribution in [0.5, 0.6) is 0 Å². The molecule has 0 aromatic rings. The third-order valence-corrected chi connectivity index (χ3v) is 3.37. The molecule has 21 heavy (non-hydrogen) atoms. The molecule has 9 heteroatoms. The van der Waals surface area contributed by atoms with Crippen LogP contribution >= 0.6 is 22.6 Å². The molecule has 0 unspecified atom stereocenters. The number of hydrazine groups is 1. The lowest BCUT2D eigenvalue weighted by atomic mass is 10.4. The predicted molar refractivity (Wildman–Crippen MR) is 77.7 cm³/mol. The summed E-state index contributed by atoms with van der Waals surface area (Å²) in [5.41, 5.74) is 0.